The highest BCUT2D eigenvalue weighted by molar-refractivity contribution is 7.98. The summed E-state index contributed by atoms with van der Waals surface area (Å²) >= 11 is 13.9. The van der Waals surface area contributed by atoms with Gasteiger partial charge in [0, 0.05) is 23.1 Å². The Balaban J connectivity index is 1.69. The number of hydrogen-bond acceptors (Lipinski definition) is 5. The van der Waals surface area contributed by atoms with E-state index in [2.05, 4.69) is 5.32 Å². The highest BCUT2D eigenvalue weighted by Crippen LogP contribution is 2.32. The Labute approximate surface area is 220 Å². The molecule has 0 fully saturated rings. The van der Waals surface area contributed by atoms with Crippen molar-refractivity contribution in [1.82, 2.24) is 5.32 Å². The molecular weight excluding hydrogens is 527 g/mol. The van der Waals surface area contributed by atoms with Crippen molar-refractivity contribution in [3.8, 4) is 5.75 Å². The quantitative estimate of drug-likeness (QED) is 0.315. The van der Waals surface area contributed by atoms with Crippen LogP contribution in [0, 0.1) is 6.92 Å². The zero-order chi connectivity index (χ0) is 25.4. The Morgan fingerprint density at radius 3 is 2.46 bits per heavy atom. The lowest BCUT2D eigenvalue weighted by atomic mass is 10.2. The van der Waals surface area contributed by atoms with Crippen LogP contribution in [0.25, 0.3) is 0 Å². The van der Waals surface area contributed by atoms with Crippen molar-refractivity contribution in [3.63, 3.8) is 0 Å². The van der Waals surface area contributed by atoms with Crippen molar-refractivity contribution in [2.45, 2.75) is 17.6 Å². The molecule has 35 heavy (non-hydrogen) atoms. The number of hydrogen-bond donors (Lipinski definition) is 1. The number of nitrogens with one attached hydrogen (secondary N) is 1. The Hall–Kier alpha value is -2.39. The average Bonchev–Trinajstić information content (AvgIpc) is 2.82. The first-order valence-electron chi connectivity index (χ1n) is 10.7. The van der Waals surface area contributed by atoms with E-state index in [4.69, 9.17) is 27.9 Å². The van der Waals surface area contributed by atoms with Crippen molar-refractivity contribution in [3.05, 3.63) is 87.9 Å². The lowest BCUT2D eigenvalue weighted by Gasteiger charge is -2.24. The van der Waals surface area contributed by atoms with Gasteiger partial charge in [-0.25, -0.2) is 8.42 Å². The Bertz CT molecular complexity index is 1270. The number of rotatable bonds is 11. The van der Waals surface area contributed by atoms with Gasteiger partial charge >= 0.3 is 0 Å². The number of anilines is 1. The zero-order valence-corrected chi connectivity index (χ0v) is 22.5. The summed E-state index contributed by atoms with van der Waals surface area (Å²) in [6.07, 6.45) is 0. The van der Waals surface area contributed by atoms with Gasteiger partial charge in [-0.3, -0.25) is 9.10 Å². The van der Waals surface area contributed by atoms with Gasteiger partial charge in [-0.1, -0.05) is 53.0 Å². The largest absolute Gasteiger partial charge is 0.495 e. The van der Waals surface area contributed by atoms with Crippen molar-refractivity contribution in [2.24, 2.45) is 0 Å². The van der Waals surface area contributed by atoms with Crippen molar-refractivity contribution >= 4 is 56.6 Å². The van der Waals surface area contributed by atoms with Gasteiger partial charge in [-0.2, -0.15) is 11.8 Å². The molecule has 0 aliphatic carbocycles. The van der Waals surface area contributed by atoms with E-state index in [0.29, 0.717) is 23.1 Å². The second-order valence-electron chi connectivity index (χ2n) is 7.68. The summed E-state index contributed by atoms with van der Waals surface area (Å²) in [4.78, 5) is 12.8. The van der Waals surface area contributed by atoms with E-state index < -0.39 is 22.5 Å². The Morgan fingerprint density at radius 2 is 1.80 bits per heavy atom. The third-order valence-electron chi connectivity index (χ3n) is 5.05. The molecule has 0 radical (unpaired) electrons. The SMILES string of the molecule is COc1ccc(N(CC(=O)NCCSCc2cccc(Cl)c2)S(=O)(=O)c2ccc(C)cc2)cc1Cl. The fourth-order valence-electron chi connectivity index (χ4n) is 3.23. The van der Waals surface area contributed by atoms with Crippen LogP contribution in [0.3, 0.4) is 0 Å². The molecule has 6 nitrogen and oxygen atoms in total. The minimum atomic E-state index is -4.02. The predicted octanol–water partition coefficient (Wildman–Crippen LogP) is 5.56. The van der Waals surface area contributed by atoms with Gasteiger partial charge in [-0.05, 0) is 55.0 Å². The molecule has 0 saturated carbocycles. The van der Waals surface area contributed by atoms with E-state index in [-0.39, 0.29) is 15.6 Å². The molecular formula is C25H26Cl2N2O4S2. The molecule has 0 atom stereocenters. The number of amides is 1. The van der Waals surface area contributed by atoms with Gasteiger partial charge in [-0.15, -0.1) is 0 Å². The standard InChI is InChI=1S/C25H26Cl2N2O4S2/c1-18-6-9-22(10-7-18)35(31,32)29(21-8-11-24(33-2)23(27)15-21)16-25(30)28-12-13-34-17-19-4-3-5-20(26)14-19/h3-11,14-15H,12-13,16-17H2,1-2H3,(H,28,30). The molecule has 3 aromatic carbocycles. The number of methoxy groups -OCH3 is 1. The molecule has 0 heterocycles. The van der Waals surface area contributed by atoms with Gasteiger partial charge in [0.1, 0.15) is 12.3 Å². The smallest absolute Gasteiger partial charge is 0.264 e. The molecule has 1 N–H and O–H groups in total. The Morgan fingerprint density at radius 1 is 1.06 bits per heavy atom. The summed E-state index contributed by atoms with van der Waals surface area (Å²) in [5, 5.41) is 3.73. The molecule has 0 saturated heterocycles. The number of nitrogens with zero attached hydrogens (tertiary/aromatic N) is 1. The number of halogens is 2. The molecule has 0 unspecified atom stereocenters. The maximum Gasteiger partial charge on any atom is 0.264 e. The molecule has 0 aliphatic heterocycles. The third-order valence-corrected chi connectivity index (χ3v) is 8.39. The number of sulfonamides is 1. The van der Waals surface area contributed by atoms with Crippen LogP contribution in [0.5, 0.6) is 5.75 Å². The highest BCUT2D eigenvalue weighted by atomic mass is 35.5. The summed E-state index contributed by atoms with van der Waals surface area (Å²) in [5.41, 5.74) is 2.29. The third kappa shape index (κ3) is 7.54. The summed E-state index contributed by atoms with van der Waals surface area (Å²) < 4.78 is 33.1. The van der Waals surface area contributed by atoms with Crippen molar-refractivity contribution in [1.29, 1.82) is 0 Å². The normalized spacial score (nSPS) is 11.2. The minimum Gasteiger partial charge on any atom is -0.495 e. The number of benzene rings is 3. The lowest BCUT2D eigenvalue weighted by Crippen LogP contribution is -2.41. The van der Waals surface area contributed by atoms with Gasteiger partial charge in [0.05, 0.1) is 22.7 Å². The van der Waals surface area contributed by atoms with Gasteiger partial charge in [0.25, 0.3) is 10.0 Å². The lowest BCUT2D eigenvalue weighted by molar-refractivity contribution is -0.119. The van der Waals surface area contributed by atoms with E-state index in [1.54, 1.807) is 36.0 Å². The average molecular weight is 554 g/mol. The first-order chi connectivity index (χ1) is 16.7. The van der Waals surface area contributed by atoms with Gasteiger partial charge in [0.2, 0.25) is 5.91 Å². The first kappa shape index (κ1) is 27.2. The molecule has 3 rings (SSSR count). The molecule has 0 spiro atoms. The molecule has 10 heteroatoms. The number of aryl methyl sites for hydroxylation is 1. The molecule has 0 bridgehead atoms. The predicted molar refractivity (Wildman–Crippen MR) is 144 cm³/mol. The van der Waals surface area contributed by atoms with Crippen LogP contribution in [0.15, 0.2) is 71.6 Å². The van der Waals surface area contributed by atoms with Crippen LogP contribution < -0.4 is 14.4 Å². The summed E-state index contributed by atoms with van der Waals surface area (Å²) in [5.74, 6) is 1.41. The molecule has 186 valence electrons. The van der Waals surface area contributed by atoms with Gasteiger partial charge in [0.15, 0.2) is 0 Å². The second kappa shape index (κ2) is 12.5. The van der Waals surface area contributed by atoms with Crippen LogP contribution >= 0.6 is 35.0 Å². The summed E-state index contributed by atoms with van der Waals surface area (Å²) in [6, 6.07) is 18.7. The monoisotopic (exact) mass is 552 g/mol. The fraction of sp³-hybridized carbons (Fsp3) is 0.240. The van der Waals surface area contributed by atoms with Crippen LogP contribution in [-0.2, 0) is 20.6 Å². The Kier molecular flexibility index (Phi) is 9.74. The van der Waals surface area contributed by atoms with Crippen LogP contribution in [0.4, 0.5) is 5.69 Å². The maximum absolute atomic E-state index is 13.5. The molecule has 0 aliphatic rings. The number of ether oxygens (including phenoxy) is 1. The summed E-state index contributed by atoms with van der Waals surface area (Å²) in [6.45, 7) is 1.87. The van der Waals surface area contributed by atoms with Crippen LogP contribution in [0.2, 0.25) is 10.0 Å². The van der Waals surface area contributed by atoms with E-state index >= 15 is 0 Å². The van der Waals surface area contributed by atoms with E-state index in [9.17, 15) is 13.2 Å². The minimum absolute atomic E-state index is 0.0833. The molecule has 1 amide bonds. The topological polar surface area (TPSA) is 75.7 Å². The number of thioether (sulfide) groups is 1. The van der Waals surface area contributed by atoms with E-state index in [1.807, 2.05) is 31.2 Å². The van der Waals surface area contributed by atoms with Crippen molar-refractivity contribution in [2.75, 3.05) is 30.3 Å². The van der Waals surface area contributed by atoms with E-state index in [0.717, 1.165) is 21.2 Å². The van der Waals surface area contributed by atoms with Gasteiger partial charge < -0.3 is 10.1 Å². The first-order valence-corrected chi connectivity index (χ1v) is 14.1. The second-order valence-corrected chi connectivity index (χ2v) is 11.5. The van der Waals surface area contributed by atoms with Crippen LogP contribution in [-0.4, -0.2) is 40.3 Å². The molecule has 3 aromatic rings. The highest BCUT2D eigenvalue weighted by Gasteiger charge is 2.27. The fourth-order valence-corrected chi connectivity index (χ4v) is 5.91. The van der Waals surface area contributed by atoms with Crippen LogP contribution in [0.1, 0.15) is 11.1 Å². The summed E-state index contributed by atoms with van der Waals surface area (Å²) in [7, 11) is -2.55. The van der Waals surface area contributed by atoms with Crippen molar-refractivity contribution < 1.29 is 17.9 Å². The zero-order valence-electron chi connectivity index (χ0n) is 19.3. The number of carbonyl (C=O) groups is 1. The number of carbonyl (C=O) groups excluding carboxylic acids is 1. The maximum atomic E-state index is 13.5. The van der Waals surface area contributed by atoms with E-state index in [1.165, 1.54) is 25.3 Å². The molecule has 0 aromatic heterocycles.